The van der Waals surface area contributed by atoms with Gasteiger partial charge in [0.25, 0.3) is 5.91 Å². The highest BCUT2D eigenvalue weighted by atomic mass is 19.1. The number of para-hydroxylation sites is 1. The van der Waals surface area contributed by atoms with Crippen molar-refractivity contribution in [1.82, 2.24) is 15.2 Å². The van der Waals surface area contributed by atoms with Crippen LogP contribution in [0.15, 0.2) is 60.9 Å². The topological polar surface area (TPSA) is 76.2 Å². The lowest BCUT2D eigenvalue weighted by Gasteiger charge is -2.40. The smallest absolute Gasteiger partial charge is 0.251 e. The summed E-state index contributed by atoms with van der Waals surface area (Å²) < 4.78 is 30.4. The number of amides is 1. The van der Waals surface area contributed by atoms with Crippen molar-refractivity contribution < 1.29 is 23.4 Å². The van der Waals surface area contributed by atoms with Gasteiger partial charge in [-0.25, -0.2) is 4.39 Å². The van der Waals surface area contributed by atoms with Gasteiger partial charge in [-0.1, -0.05) is 18.2 Å². The van der Waals surface area contributed by atoms with Gasteiger partial charge in [0.15, 0.2) is 11.5 Å². The largest absolute Gasteiger partial charge is 0.493 e. The second-order valence-electron chi connectivity index (χ2n) is 8.40. The minimum atomic E-state index is -0.256. The van der Waals surface area contributed by atoms with Gasteiger partial charge in [-0.3, -0.25) is 14.7 Å². The summed E-state index contributed by atoms with van der Waals surface area (Å²) >= 11 is 0. The van der Waals surface area contributed by atoms with Crippen molar-refractivity contribution in [2.75, 3.05) is 59.0 Å². The number of aromatic nitrogens is 1. The SMILES string of the molecule is COc1cc(C(=O)NC[C@@H](c2cccnc2)N2CCN(c3ccccc3F)CC2)cc(OC)c1OC. The lowest BCUT2D eigenvalue weighted by Crippen LogP contribution is -2.50. The quantitative estimate of drug-likeness (QED) is 0.488. The summed E-state index contributed by atoms with van der Waals surface area (Å²) in [7, 11) is 4.54. The van der Waals surface area contributed by atoms with Crippen LogP contribution in [0.5, 0.6) is 17.2 Å². The van der Waals surface area contributed by atoms with Gasteiger partial charge in [-0.2, -0.15) is 0 Å². The Morgan fingerprint density at radius 2 is 1.69 bits per heavy atom. The van der Waals surface area contributed by atoms with E-state index in [1.165, 1.54) is 27.4 Å². The van der Waals surface area contributed by atoms with Gasteiger partial charge in [-0.15, -0.1) is 0 Å². The van der Waals surface area contributed by atoms with Gasteiger partial charge in [0.2, 0.25) is 5.75 Å². The molecule has 1 aliphatic heterocycles. The summed E-state index contributed by atoms with van der Waals surface area (Å²) in [6, 6.07) is 13.9. The van der Waals surface area contributed by atoms with E-state index in [0.717, 1.165) is 5.56 Å². The van der Waals surface area contributed by atoms with Gasteiger partial charge >= 0.3 is 0 Å². The molecule has 0 bridgehead atoms. The van der Waals surface area contributed by atoms with Gasteiger partial charge in [0.05, 0.1) is 33.1 Å². The molecule has 0 aliphatic carbocycles. The second-order valence-corrected chi connectivity index (χ2v) is 8.40. The molecule has 1 saturated heterocycles. The number of piperazine rings is 1. The molecule has 2 heterocycles. The van der Waals surface area contributed by atoms with Crippen molar-refractivity contribution in [3.63, 3.8) is 0 Å². The van der Waals surface area contributed by atoms with E-state index in [2.05, 4.69) is 20.1 Å². The maximum Gasteiger partial charge on any atom is 0.251 e. The van der Waals surface area contributed by atoms with Crippen molar-refractivity contribution in [1.29, 1.82) is 0 Å². The summed E-state index contributed by atoms with van der Waals surface area (Å²) in [6.45, 7) is 3.17. The second kappa shape index (κ2) is 11.7. The number of anilines is 1. The van der Waals surface area contributed by atoms with Crippen LogP contribution in [-0.2, 0) is 0 Å². The van der Waals surface area contributed by atoms with E-state index in [1.807, 2.05) is 24.4 Å². The van der Waals surface area contributed by atoms with Crippen molar-refractivity contribution in [3.8, 4) is 17.2 Å². The number of hydrogen-bond acceptors (Lipinski definition) is 7. The zero-order valence-electron chi connectivity index (χ0n) is 20.7. The number of ether oxygens (including phenoxy) is 3. The van der Waals surface area contributed by atoms with E-state index < -0.39 is 0 Å². The third-order valence-electron chi connectivity index (χ3n) is 6.40. The first kappa shape index (κ1) is 25.2. The molecule has 4 rings (SSSR count). The summed E-state index contributed by atoms with van der Waals surface area (Å²) in [5.74, 6) is 0.781. The molecule has 0 saturated carbocycles. The number of benzene rings is 2. The van der Waals surface area contributed by atoms with Crippen LogP contribution in [0, 0.1) is 5.82 Å². The standard InChI is InChI=1S/C27H31FN4O4/c1-34-24-15-20(16-25(35-2)26(24)36-3)27(33)30-18-23(19-7-6-10-29-17-19)32-13-11-31(12-14-32)22-9-5-4-8-21(22)28/h4-10,15-17,23H,11-14,18H2,1-3H3,(H,30,33)/t23-/m0/s1. The first-order valence-electron chi connectivity index (χ1n) is 11.8. The van der Waals surface area contributed by atoms with Crippen molar-refractivity contribution in [2.24, 2.45) is 0 Å². The fourth-order valence-electron chi connectivity index (χ4n) is 4.52. The monoisotopic (exact) mass is 494 g/mol. The molecule has 8 nitrogen and oxygen atoms in total. The maximum atomic E-state index is 14.3. The number of nitrogens with one attached hydrogen (secondary N) is 1. The minimum Gasteiger partial charge on any atom is -0.493 e. The predicted molar refractivity (Wildman–Crippen MR) is 136 cm³/mol. The molecule has 1 atom stereocenters. The van der Waals surface area contributed by atoms with Gasteiger partial charge in [0, 0.05) is 50.7 Å². The maximum absolute atomic E-state index is 14.3. The van der Waals surface area contributed by atoms with E-state index in [0.29, 0.717) is 61.2 Å². The molecule has 9 heteroatoms. The molecule has 1 N–H and O–H groups in total. The van der Waals surface area contributed by atoms with E-state index in [-0.39, 0.29) is 17.8 Å². The first-order valence-corrected chi connectivity index (χ1v) is 11.8. The number of halogens is 1. The molecular weight excluding hydrogens is 463 g/mol. The third-order valence-corrected chi connectivity index (χ3v) is 6.40. The molecule has 1 amide bonds. The van der Waals surface area contributed by atoms with E-state index >= 15 is 0 Å². The molecule has 0 spiro atoms. The van der Waals surface area contributed by atoms with Crippen LogP contribution in [-0.4, -0.2) is 69.8 Å². The first-order chi connectivity index (χ1) is 17.5. The van der Waals surface area contributed by atoms with E-state index in [9.17, 15) is 9.18 Å². The number of pyridine rings is 1. The number of hydrogen-bond donors (Lipinski definition) is 1. The number of rotatable bonds is 9. The normalized spacial score (nSPS) is 14.7. The molecule has 3 aromatic rings. The van der Waals surface area contributed by atoms with E-state index in [4.69, 9.17) is 14.2 Å². The third kappa shape index (κ3) is 5.52. The number of nitrogens with zero attached hydrogens (tertiary/aromatic N) is 3. The highest BCUT2D eigenvalue weighted by Gasteiger charge is 2.27. The molecule has 0 radical (unpaired) electrons. The zero-order chi connectivity index (χ0) is 25.5. The lowest BCUT2D eigenvalue weighted by atomic mass is 10.1. The van der Waals surface area contributed by atoms with Crippen molar-refractivity contribution in [3.05, 3.63) is 77.9 Å². The highest BCUT2D eigenvalue weighted by molar-refractivity contribution is 5.95. The number of carbonyl (C=O) groups is 1. The van der Waals surface area contributed by atoms with Crippen molar-refractivity contribution in [2.45, 2.75) is 6.04 Å². The van der Waals surface area contributed by atoms with Gasteiger partial charge in [-0.05, 0) is 35.9 Å². The Labute approximate surface area is 210 Å². The molecule has 0 unspecified atom stereocenters. The van der Waals surface area contributed by atoms with Crippen LogP contribution < -0.4 is 24.4 Å². The predicted octanol–water partition coefficient (Wildman–Crippen LogP) is 3.54. The lowest BCUT2D eigenvalue weighted by molar-refractivity contribution is 0.0929. The Bertz CT molecular complexity index is 1140. The Morgan fingerprint density at radius 1 is 1.00 bits per heavy atom. The van der Waals surface area contributed by atoms with Crippen LogP contribution in [0.1, 0.15) is 22.0 Å². The summed E-state index contributed by atoms with van der Waals surface area (Å²) in [5, 5.41) is 3.05. The molecule has 1 aliphatic rings. The Morgan fingerprint density at radius 3 is 2.28 bits per heavy atom. The fraction of sp³-hybridized carbons (Fsp3) is 0.333. The number of methoxy groups -OCH3 is 3. The molecule has 1 aromatic heterocycles. The molecule has 190 valence electrons. The minimum absolute atomic E-state index is 0.0903. The molecule has 36 heavy (non-hydrogen) atoms. The highest BCUT2D eigenvalue weighted by Crippen LogP contribution is 2.38. The summed E-state index contributed by atoms with van der Waals surface area (Å²) in [4.78, 5) is 21.8. The summed E-state index contributed by atoms with van der Waals surface area (Å²) in [5.41, 5.74) is 2.02. The van der Waals surface area contributed by atoms with Crippen LogP contribution in [0.3, 0.4) is 0 Å². The number of carbonyl (C=O) groups excluding carboxylic acids is 1. The molecular formula is C27H31FN4O4. The van der Waals surface area contributed by atoms with Crippen LogP contribution in [0.25, 0.3) is 0 Å². The Hall–Kier alpha value is -3.85. The van der Waals surface area contributed by atoms with Crippen LogP contribution in [0.2, 0.25) is 0 Å². The molecule has 1 fully saturated rings. The average Bonchev–Trinajstić information content (AvgIpc) is 2.93. The van der Waals surface area contributed by atoms with Gasteiger partial charge < -0.3 is 24.4 Å². The van der Waals surface area contributed by atoms with Crippen molar-refractivity contribution >= 4 is 11.6 Å². The van der Waals surface area contributed by atoms with Crippen LogP contribution >= 0.6 is 0 Å². The Balaban J connectivity index is 1.49. The molecule has 2 aromatic carbocycles. The Kier molecular flexibility index (Phi) is 8.22. The summed E-state index contributed by atoms with van der Waals surface area (Å²) in [6.07, 6.45) is 3.55. The average molecular weight is 495 g/mol. The zero-order valence-corrected chi connectivity index (χ0v) is 20.7. The van der Waals surface area contributed by atoms with E-state index in [1.54, 1.807) is 30.5 Å². The van der Waals surface area contributed by atoms with Gasteiger partial charge in [0.1, 0.15) is 5.82 Å². The van der Waals surface area contributed by atoms with Crippen LogP contribution in [0.4, 0.5) is 10.1 Å². The fourth-order valence-corrected chi connectivity index (χ4v) is 4.52.